The molecule has 5 rings (SSSR count). The molecule has 0 aliphatic heterocycles. The highest BCUT2D eigenvalue weighted by Gasteiger charge is 2.39. The van der Waals surface area contributed by atoms with Gasteiger partial charge in [0.25, 0.3) is 0 Å². The van der Waals surface area contributed by atoms with Crippen LogP contribution >= 0.6 is 0 Å². The smallest absolute Gasteiger partial charge is 0.149 e. The normalized spacial score (nSPS) is 18.2. The van der Waals surface area contributed by atoms with E-state index in [0.29, 0.717) is 23.1 Å². The van der Waals surface area contributed by atoms with Gasteiger partial charge in [0.15, 0.2) is 0 Å². The Hall–Kier alpha value is -3.31. The fraction of sp³-hybridized carbons (Fsp3) is 0.286. The quantitative estimate of drug-likeness (QED) is 0.267. The molecule has 0 radical (unpaired) electrons. The van der Waals surface area contributed by atoms with E-state index in [1.807, 2.05) is 12.1 Å². The topological polar surface area (TPSA) is 63.8 Å². The molecule has 1 saturated carbocycles. The number of nitrogen functional groups attached to an aromatic ring is 1. The molecule has 4 aromatic rings. The molecule has 2 aromatic heterocycles. The van der Waals surface area contributed by atoms with Crippen LogP contribution in [0.1, 0.15) is 45.1 Å². The Bertz CT molecular complexity index is 1290. The van der Waals surface area contributed by atoms with Gasteiger partial charge < -0.3 is 5.43 Å². The van der Waals surface area contributed by atoms with Gasteiger partial charge in [0.05, 0.1) is 11.2 Å². The highest BCUT2D eigenvalue weighted by molar-refractivity contribution is 5.96. The molecule has 2 atom stereocenters. The summed E-state index contributed by atoms with van der Waals surface area (Å²) < 4.78 is 13.6. The largest absolute Gasteiger partial charge is 0.308 e. The van der Waals surface area contributed by atoms with Crippen molar-refractivity contribution in [3.05, 3.63) is 78.2 Å². The Morgan fingerprint density at radius 2 is 1.64 bits per heavy atom. The number of hydrogen-bond donors (Lipinski definition) is 2. The van der Waals surface area contributed by atoms with Crippen molar-refractivity contribution in [2.45, 2.75) is 39.5 Å². The average molecular weight is 441 g/mol. The highest BCUT2D eigenvalue weighted by atomic mass is 19.1. The average Bonchev–Trinajstić information content (AvgIpc) is 2.77. The van der Waals surface area contributed by atoms with Crippen LogP contribution in [0.4, 0.5) is 10.2 Å². The van der Waals surface area contributed by atoms with Crippen molar-refractivity contribution in [2.75, 3.05) is 5.43 Å². The second-order valence-corrected chi connectivity index (χ2v) is 10.0. The third-order valence-electron chi connectivity index (χ3n) is 7.03. The first-order valence-electron chi connectivity index (χ1n) is 11.5. The molecule has 0 bridgehead atoms. The molecule has 33 heavy (non-hydrogen) atoms. The number of nitrogens with two attached hydrogens (primary N) is 1. The van der Waals surface area contributed by atoms with Crippen LogP contribution in [0.3, 0.4) is 0 Å². The van der Waals surface area contributed by atoms with Crippen molar-refractivity contribution in [3.63, 3.8) is 0 Å². The summed E-state index contributed by atoms with van der Waals surface area (Å²) in [5.41, 5.74) is 8.87. The zero-order chi connectivity index (χ0) is 23.2. The number of aromatic nitrogens is 2. The van der Waals surface area contributed by atoms with Gasteiger partial charge in [0.1, 0.15) is 11.6 Å². The number of hydrogen-bond acceptors (Lipinski definition) is 4. The lowest BCUT2D eigenvalue weighted by molar-refractivity contribution is 0.106. The number of benzene rings is 2. The predicted molar refractivity (Wildman–Crippen MR) is 133 cm³/mol. The first kappa shape index (κ1) is 21.5. The van der Waals surface area contributed by atoms with E-state index in [4.69, 9.17) is 10.8 Å². The van der Waals surface area contributed by atoms with Crippen LogP contribution in [0.25, 0.3) is 33.3 Å². The fourth-order valence-electron chi connectivity index (χ4n) is 5.10. The van der Waals surface area contributed by atoms with Crippen LogP contribution in [0.2, 0.25) is 0 Å². The van der Waals surface area contributed by atoms with E-state index < -0.39 is 0 Å². The van der Waals surface area contributed by atoms with E-state index in [0.717, 1.165) is 33.3 Å². The van der Waals surface area contributed by atoms with E-state index in [9.17, 15) is 4.39 Å². The molecule has 1 fully saturated rings. The van der Waals surface area contributed by atoms with Gasteiger partial charge >= 0.3 is 0 Å². The molecule has 1 aliphatic carbocycles. The van der Waals surface area contributed by atoms with E-state index in [-0.39, 0.29) is 5.82 Å². The Labute approximate surface area is 194 Å². The number of pyridine rings is 2. The molecule has 1 aliphatic rings. The number of rotatable bonds is 4. The van der Waals surface area contributed by atoms with Gasteiger partial charge in [0.2, 0.25) is 0 Å². The lowest BCUT2D eigenvalue weighted by Gasteiger charge is -2.45. The molecule has 2 unspecified atom stereocenters. The molecular weight excluding hydrogens is 411 g/mol. The SMILES string of the molecule is CC(C)(C)C1CCC1c1ccc(-c2nc3ccnc(NN)c3cc2-c2ccc(F)cc2)cc1. The number of halogens is 1. The summed E-state index contributed by atoms with van der Waals surface area (Å²) in [7, 11) is 0. The van der Waals surface area contributed by atoms with Gasteiger partial charge in [-0.25, -0.2) is 20.2 Å². The standard InChI is InChI=1S/C28H29FN4/c1-28(2,3)24-13-12-21(24)17-4-6-19(7-5-17)26-22(18-8-10-20(29)11-9-18)16-23-25(32-26)14-15-31-27(23)33-30/h4-11,14-16,21,24H,12-13,30H2,1-3H3,(H,31,33). The van der Waals surface area contributed by atoms with Crippen molar-refractivity contribution in [3.8, 4) is 22.4 Å². The summed E-state index contributed by atoms with van der Waals surface area (Å²) in [5.74, 6) is 7.31. The summed E-state index contributed by atoms with van der Waals surface area (Å²) in [5, 5.41) is 0.821. The summed E-state index contributed by atoms with van der Waals surface area (Å²) in [6, 6.07) is 19.2. The minimum Gasteiger partial charge on any atom is -0.308 e. The van der Waals surface area contributed by atoms with E-state index in [2.05, 4.69) is 55.4 Å². The Balaban J connectivity index is 1.61. The molecule has 0 amide bonds. The van der Waals surface area contributed by atoms with Gasteiger partial charge in [-0.2, -0.15) is 0 Å². The summed E-state index contributed by atoms with van der Waals surface area (Å²) in [4.78, 5) is 9.30. The zero-order valence-electron chi connectivity index (χ0n) is 19.3. The van der Waals surface area contributed by atoms with Gasteiger partial charge in [0, 0.05) is 22.7 Å². The maximum Gasteiger partial charge on any atom is 0.149 e. The van der Waals surface area contributed by atoms with Crippen LogP contribution in [-0.2, 0) is 0 Å². The Kier molecular flexibility index (Phi) is 5.37. The number of nitrogens with one attached hydrogen (secondary N) is 1. The molecular formula is C28H29FN4. The number of hydrazine groups is 1. The van der Waals surface area contributed by atoms with Crippen molar-refractivity contribution < 1.29 is 4.39 Å². The summed E-state index contributed by atoms with van der Waals surface area (Å²) in [6.45, 7) is 7.02. The first-order chi connectivity index (χ1) is 15.8. The Morgan fingerprint density at radius 1 is 0.939 bits per heavy atom. The van der Waals surface area contributed by atoms with Gasteiger partial charge in [-0.3, -0.25) is 0 Å². The number of anilines is 1. The maximum absolute atomic E-state index is 13.6. The van der Waals surface area contributed by atoms with E-state index in [1.54, 1.807) is 18.3 Å². The van der Waals surface area contributed by atoms with Crippen LogP contribution in [-0.4, -0.2) is 9.97 Å². The highest BCUT2D eigenvalue weighted by Crippen LogP contribution is 2.51. The third kappa shape index (κ3) is 3.98. The van der Waals surface area contributed by atoms with Crippen LogP contribution in [0.15, 0.2) is 66.9 Å². The van der Waals surface area contributed by atoms with Crippen LogP contribution < -0.4 is 11.3 Å². The number of fused-ring (bicyclic) bond motifs is 1. The lowest BCUT2D eigenvalue weighted by atomic mass is 9.59. The molecule has 3 N–H and O–H groups in total. The minimum absolute atomic E-state index is 0.265. The van der Waals surface area contributed by atoms with Crippen molar-refractivity contribution in [2.24, 2.45) is 17.2 Å². The van der Waals surface area contributed by atoms with Crippen molar-refractivity contribution in [1.29, 1.82) is 0 Å². The molecule has 4 nitrogen and oxygen atoms in total. The minimum atomic E-state index is -0.265. The summed E-state index contributed by atoms with van der Waals surface area (Å²) in [6.07, 6.45) is 4.23. The molecule has 168 valence electrons. The van der Waals surface area contributed by atoms with Crippen LogP contribution in [0, 0.1) is 17.2 Å². The van der Waals surface area contributed by atoms with Crippen molar-refractivity contribution in [1.82, 2.24) is 9.97 Å². The van der Waals surface area contributed by atoms with Gasteiger partial charge in [-0.15, -0.1) is 0 Å². The molecule has 5 heteroatoms. The van der Waals surface area contributed by atoms with E-state index >= 15 is 0 Å². The second kappa shape index (κ2) is 8.23. The molecule has 2 aromatic carbocycles. The zero-order valence-corrected chi connectivity index (χ0v) is 19.3. The monoisotopic (exact) mass is 440 g/mol. The van der Waals surface area contributed by atoms with Crippen molar-refractivity contribution >= 4 is 16.7 Å². The molecule has 0 saturated heterocycles. The number of nitrogens with zero attached hydrogens (tertiary/aromatic N) is 2. The maximum atomic E-state index is 13.6. The summed E-state index contributed by atoms with van der Waals surface area (Å²) >= 11 is 0. The lowest BCUT2D eigenvalue weighted by Crippen LogP contribution is -2.34. The first-order valence-corrected chi connectivity index (χ1v) is 11.5. The predicted octanol–water partition coefficient (Wildman–Crippen LogP) is 6.93. The van der Waals surface area contributed by atoms with Gasteiger partial charge in [-0.05, 0) is 65.5 Å². The Morgan fingerprint density at radius 3 is 2.24 bits per heavy atom. The second-order valence-electron chi connectivity index (χ2n) is 10.0. The third-order valence-corrected chi connectivity index (χ3v) is 7.03. The van der Waals surface area contributed by atoms with Crippen LogP contribution in [0.5, 0.6) is 0 Å². The molecule has 0 spiro atoms. The molecule has 2 heterocycles. The van der Waals surface area contributed by atoms with Gasteiger partial charge in [-0.1, -0.05) is 57.2 Å². The van der Waals surface area contributed by atoms with E-state index in [1.165, 1.54) is 30.5 Å². The fourth-order valence-corrected chi connectivity index (χ4v) is 5.10.